The number of halogens is 3. The summed E-state index contributed by atoms with van der Waals surface area (Å²) in [6, 6.07) is 2.46. The highest BCUT2D eigenvalue weighted by molar-refractivity contribution is 7.89. The van der Waals surface area contributed by atoms with Gasteiger partial charge in [0.25, 0.3) is 0 Å². The predicted molar refractivity (Wildman–Crippen MR) is 86.7 cm³/mol. The Balaban J connectivity index is 2.20. The van der Waals surface area contributed by atoms with Gasteiger partial charge in [-0.05, 0) is 26.0 Å². The number of carbonyl (C=O) groups excluding carboxylic acids is 1. The summed E-state index contributed by atoms with van der Waals surface area (Å²) in [7, 11) is -4.55. The molecule has 0 fully saturated rings. The number of aromatic nitrogens is 1. The van der Waals surface area contributed by atoms with Crippen LogP contribution in [0.1, 0.15) is 17.4 Å². The number of nitrogens with one attached hydrogen (secondary N) is 2. The van der Waals surface area contributed by atoms with Gasteiger partial charge in [0.15, 0.2) is 5.13 Å². The molecule has 6 nitrogen and oxygen atoms in total. The molecule has 1 aromatic heterocycles. The van der Waals surface area contributed by atoms with Gasteiger partial charge in [-0.3, -0.25) is 4.79 Å². The number of nitrogens with zero attached hydrogens (tertiary/aromatic N) is 1. The molecule has 1 amide bonds. The van der Waals surface area contributed by atoms with Crippen molar-refractivity contribution in [2.24, 2.45) is 0 Å². The molecule has 25 heavy (non-hydrogen) atoms. The topological polar surface area (TPSA) is 88.2 Å². The third-order valence-electron chi connectivity index (χ3n) is 3.06. The SMILES string of the molecule is Cc1cnc(NC(=O)C(C)NS(=O)(=O)c2ccccc2C(F)(F)F)s1. The maximum Gasteiger partial charge on any atom is 0.417 e. The van der Waals surface area contributed by atoms with Crippen LogP contribution in [-0.2, 0) is 21.0 Å². The molecule has 2 rings (SSSR count). The minimum absolute atomic E-state index is 0.268. The molecule has 1 aromatic carbocycles. The van der Waals surface area contributed by atoms with Crippen molar-refractivity contribution >= 4 is 32.4 Å². The second-order valence-electron chi connectivity index (χ2n) is 5.10. The lowest BCUT2D eigenvalue weighted by molar-refractivity contribution is -0.139. The van der Waals surface area contributed by atoms with Crippen molar-refractivity contribution in [3.63, 3.8) is 0 Å². The van der Waals surface area contributed by atoms with Crippen molar-refractivity contribution in [2.45, 2.75) is 31.0 Å². The molecule has 0 saturated heterocycles. The number of benzene rings is 1. The Kier molecular flexibility index (Phi) is 5.49. The number of aryl methyl sites for hydroxylation is 1. The van der Waals surface area contributed by atoms with Gasteiger partial charge in [0.2, 0.25) is 15.9 Å². The van der Waals surface area contributed by atoms with E-state index < -0.39 is 38.6 Å². The fourth-order valence-corrected chi connectivity index (χ4v) is 4.01. The summed E-state index contributed by atoms with van der Waals surface area (Å²) in [5.74, 6) is -0.734. The van der Waals surface area contributed by atoms with Gasteiger partial charge in [0, 0.05) is 11.1 Å². The number of hydrogen-bond donors (Lipinski definition) is 2. The standard InChI is InChI=1S/C14H14F3N3O3S2/c1-8-7-18-13(24-8)19-12(21)9(2)20-25(22,23)11-6-4-3-5-10(11)14(15,16)17/h3-7,9,20H,1-2H3,(H,18,19,21). The zero-order chi connectivity index (χ0) is 18.8. The molecule has 136 valence electrons. The lowest BCUT2D eigenvalue weighted by atomic mass is 10.2. The van der Waals surface area contributed by atoms with Crippen LogP contribution < -0.4 is 10.0 Å². The van der Waals surface area contributed by atoms with Crippen LogP contribution in [0.2, 0.25) is 0 Å². The van der Waals surface area contributed by atoms with Gasteiger partial charge in [-0.25, -0.2) is 13.4 Å². The van der Waals surface area contributed by atoms with E-state index in [1.54, 1.807) is 6.92 Å². The molecule has 11 heteroatoms. The first-order chi connectivity index (χ1) is 11.5. The first-order valence-electron chi connectivity index (χ1n) is 6.92. The maximum absolute atomic E-state index is 13.0. The van der Waals surface area contributed by atoms with Crippen molar-refractivity contribution in [2.75, 3.05) is 5.32 Å². The van der Waals surface area contributed by atoms with Crippen molar-refractivity contribution in [1.82, 2.24) is 9.71 Å². The van der Waals surface area contributed by atoms with Gasteiger partial charge in [0.05, 0.1) is 16.5 Å². The average molecular weight is 393 g/mol. The number of amides is 1. The van der Waals surface area contributed by atoms with Crippen molar-refractivity contribution in [3.8, 4) is 0 Å². The highest BCUT2D eigenvalue weighted by Gasteiger charge is 2.37. The molecule has 0 aliphatic heterocycles. The van der Waals surface area contributed by atoms with Crippen LogP contribution >= 0.6 is 11.3 Å². The normalized spacial score (nSPS) is 13.5. The Hall–Kier alpha value is -1.98. The summed E-state index contributed by atoms with van der Waals surface area (Å²) >= 11 is 1.18. The van der Waals surface area contributed by atoms with E-state index in [-0.39, 0.29) is 5.13 Å². The Labute approximate surface area is 146 Å². The second kappa shape index (κ2) is 7.10. The molecule has 0 bridgehead atoms. The minimum atomic E-state index is -4.84. The summed E-state index contributed by atoms with van der Waals surface area (Å²) < 4.78 is 65.4. The summed E-state index contributed by atoms with van der Waals surface area (Å²) in [6.45, 7) is 3.00. The van der Waals surface area contributed by atoms with E-state index in [4.69, 9.17) is 0 Å². The first-order valence-corrected chi connectivity index (χ1v) is 9.22. The molecule has 1 atom stereocenters. The number of alkyl halides is 3. The van der Waals surface area contributed by atoms with E-state index >= 15 is 0 Å². The van der Waals surface area contributed by atoms with Gasteiger partial charge >= 0.3 is 6.18 Å². The van der Waals surface area contributed by atoms with Gasteiger partial charge < -0.3 is 5.32 Å². The zero-order valence-corrected chi connectivity index (χ0v) is 14.7. The minimum Gasteiger partial charge on any atom is -0.301 e. The molecule has 1 unspecified atom stereocenters. The molecular formula is C14H14F3N3O3S2. The largest absolute Gasteiger partial charge is 0.417 e. The average Bonchev–Trinajstić information content (AvgIpc) is 2.91. The van der Waals surface area contributed by atoms with E-state index in [9.17, 15) is 26.4 Å². The summed E-state index contributed by atoms with van der Waals surface area (Å²) in [6.07, 6.45) is -3.32. The van der Waals surface area contributed by atoms with Crippen molar-refractivity contribution in [1.29, 1.82) is 0 Å². The third-order valence-corrected chi connectivity index (χ3v) is 5.49. The lowest BCUT2D eigenvalue weighted by Gasteiger charge is -2.16. The monoisotopic (exact) mass is 393 g/mol. The van der Waals surface area contributed by atoms with Gasteiger partial charge in [-0.1, -0.05) is 12.1 Å². The van der Waals surface area contributed by atoms with Crippen LogP contribution in [0.15, 0.2) is 35.4 Å². The van der Waals surface area contributed by atoms with E-state index in [1.807, 2.05) is 4.72 Å². The number of rotatable bonds is 5. The smallest absolute Gasteiger partial charge is 0.301 e. The second-order valence-corrected chi connectivity index (χ2v) is 8.02. The highest BCUT2D eigenvalue weighted by Crippen LogP contribution is 2.33. The summed E-state index contributed by atoms with van der Waals surface area (Å²) in [4.78, 5) is 15.8. The van der Waals surface area contributed by atoms with E-state index in [2.05, 4.69) is 10.3 Å². The quantitative estimate of drug-likeness (QED) is 0.818. The molecule has 2 N–H and O–H groups in total. The maximum atomic E-state index is 13.0. The fraction of sp³-hybridized carbons (Fsp3) is 0.286. The van der Waals surface area contributed by atoms with Gasteiger partial charge in [-0.2, -0.15) is 17.9 Å². The van der Waals surface area contributed by atoms with E-state index in [0.29, 0.717) is 6.07 Å². The molecule has 0 aliphatic carbocycles. The lowest BCUT2D eigenvalue weighted by Crippen LogP contribution is -2.42. The number of hydrogen-bond acceptors (Lipinski definition) is 5. The number of thiazole rings is 1. The number of carbonyl (C=O) groups is 1. The van der Waals surface area contributed by atoms with Crippen LogP contribution in [-0.4, -0.2) is 25.4 Å². The molecule has 0 radical (unpaired) electrons. The van der Waals surface area contributed by atoms with Crippen LogP contribution in [0.5, 0.6) is 0 Å². The Morgan fingerprint density at radius 3 is 2.48 bits per heavy atom. The molecule has 0 spiro atoms. The van der Waals surface area contributed by atoms with Crippen LogP contribution in [0, 0.1) is 6.92 Å². The van der Waals surface area contributed by atoms with Crippen LogP contribution in [0.25, 0.3) is 0 Å². The summed E-state index contributed by atoms with van der Waals surface area (Å²) in [5.41, 5.74) is -1.30. The molecule has 1 heterocycles. The van der Waals surface area contributed by atoms with E-state index in [1.165, 1.54) is 30.5 Å². The number of anilines is 1. The van der Waals surface area contributed by atoms with Crippen LogP contribution in [0.3, 0.4) is 0 Å². The molecular weight excluding hydrogens is 379 g/mol. The van der Waals surface area contributed by atoms with Gasteiger partial charge in [-0.15, -0.1) is 11.3 Å². The first kappa shape index (κ1) is 19.3. The van der Waals surface area contributed by atoms with Crippen molar-refractivity contribution in [3.05, 3.63) is 40.9 Å². The highest BCUT2D eigenvalue weighted by atomic mass is 32.2. The fourth-order valence-electron chi connectivity index (χ4n) is 1.91. The molecule has 0 aliphatic rings. The Bertz CT molecular complexity index is 879. The van der Waals surface area contributed by atoms with Gasteiger partial charge in [0.1, 0.15) is 0 Å². The summed E-state index contributed by atoms with van der Waals surface area (Å²) in [5, 5.41) is 2.67. The predicted octanol–water partition coefficient (Wildman–Crippen LogP) is 2.78. The van der Waals surface area contributed by atoms with Crippen LogP contribution in [0.4, 0.5) is 18.3 Å². The van der Waals surface area contributed by atoms with E-state index in [0.717, 1.165) is 17.0 Å². The molecule has 2 aromatic rings. The Morgan fingerprint density at radius 1 is 1.28 bits per heavy atom. The zero-order valence-electron chi connectivity index (χ0n) is 13.1. The third kappa shape index (κ3) is 4.77. The molecule has 0 saturated carbocycles. The Morgan fingerprint density at radius 2 is 1.92 bits per heavy atom. The number of sulfonamides is 1. The van der Waals surface area contributed by atoms with Crippen molar-refractivity contribution < 1.29 is 26.4 Å².